The minimum absolute atomic E-state index is 0. The second-order valence-corrected chi connectivity index (χ2v) is 8.46. The van der Waals surface area contributed by atoms with Gasteiger partial charge < -0.3 is 25.2 Å². The van der Waals surface area contributed by atoms with E-state index in [1.54, 1.807) is 4.90 Å². The zero-order valence-corrected chi connectivity index (χ0v) is 21.5. The molecule has 0 radical (unpaired) electrons. The molecule has 1 aromatic carbocycles. The Bertz CT molecular complexity index is 728. The minimum Gasteiger partial charge on any atom is -0.378 e. The third kappa shape index (κ3) is 6.71. The van der Waals surface area contributed by atoms with Crippen LogP contribution in [0.1, 0.15) is 38.2 Å². The summed E-state index contributed by atoms with van der Waals surface area (Å²) >= 11 is 0. The molecule has 1 heterocycles. The number of carbonyl (C=O) groups excluding carboxylic acids is 1. The summed E-state index contributed by atoms with van der Waals surface area (Å²) in [6, 6.07) is 8.46. The Hall–Kier alpha value is -1.55. The number of para-hydroxylation sites is 1. The maximum atomic E-state index is 12.8. The predicted octanol–water partition coefficient (Wildman–Crippen LogP) is 2.84. The number of amides is 1. The SMILES string of the molecule is CCNC(=NCc1ccccc1N1CCOCC1)NCC1(C(=O)N(C)C)CCCC1.I. The van der Waals surface area contributed by atoms with Crippen LogP contribution in [-0.4, -0.2) is 70.3 Å². The number of halogens is 1. The molecular weight excluding hydrogens is 505 g/mol. The predicted molar refractivity (Wildman–Crippen MR) is 137 cm³/mol. The Balaban J connectivity index is 0.00000341. The number of nitrogens with zero attached hydrogens (tertiary/aromatic N) is 3. The number of carbonyl (C=O) groups is 1. The number of morpholine rings is 1. The molecule has 7 nitrogen and oxygen atoms in total. The normalized spacial score (nSPS) is 18.3. The van der Waals surface area contributed by atoms with Crippen LogP contribution in [-0.2, 0) is 16.1 Å². The van der Waals surface area contributed by atoms with E-state index in [0.29, 0.717) is 13.1 Å². The second kappa shape index (κ2) is 12.5. The Morgan fingerprint density at radius 2 is 1.84 bits per heavy atom. The Labute approximate surface area is 204 Å². The van der Waals surface area contributed by atoms with Gasteiger partial charge in [0.25, 0.3) is 0 Å². The van der Waals surface area contributed by atoms with E-state index in [-0.39, 0.29) is 35.3 Å². The summed E-state index contributed by atoms with van der Waals surface area (Å²) in [4.78, 5) is 21.8. The maximum absolute atomic E-state index is 12.8. The zero-order valence-electron chi connectivity index (χ0n) is 19.2. The van der Waals surface area contributed by atoms with E-state index in [0.717, 1.165) is 64.5 Å². The first kappa shape index (κ1) is 25.7. The first-order chi connectivity index (χ1) is 14.6. The molecule has 2 N–H and O–H groups in total. The topological polar surface area (TPSA) is 69.2 Å². The van der Waals surface area contributed by atoms with Crippen molar-refractivity contribution in [1.82, 2.24) is 15.5 Å². The van der Waals surface area contributed by atoms with Gasteiger partial charge in [0.05, 0.1) is 25.2 Å². The fourth-order valence-electron chi connectivity index (χ4n) is 4.51. The molecule has 0 unspecified atom stereocenters. The highest BCUT2D eigenvalue weighted by Gasteiger charge is 2.42. The Kier molecular flexibility index (Phi) is 10.3. The molecule has 0 spiro atoms. The van der Waals surface area contributed by atoms with Crippen LogP contribution in [0.2, 0.25) is 0 Å². The molecule has 1 saturated heterocycles. The fourth-order valence-corrected chi connectivity index (χ4v) is 4.51. The average Bonchev–Trinajstić information content (AvgIpc) is 3.26. The molecule has 3 rings (SSSR count). The lowest BCUT2D eigenvalue weighted by molar-refractivity contribution is -0.138. The summed E-state index contributed by atoms with van der Waals surface area (Å²) < 4.78 is 5.50. The van der Waals surface area contributed by atoms with Gasteiger partial charge in [0.15, 0.2) is 5.96 Å². The van der Waals surface area contributed by atoms with Gasteiger partial charge in [-0.1, -0.05) is 31.0 Å². The molecule has 1 amide bonds. The number of hydrogen-bond donors (Lipinski definition) is 2. The van der Waals surface area contributed by atoms with Crippen molar-refractivity contribution in [3.63, 3.8) is 0 Å². The fraction of sp³-hybridized carbons (Fsp3) is 0.652. The molecule has 1 aliphatic carbocycles. The quantitative estimate of drug-likeness (QED) is 0.315. The lowest BCUT2D eigenvalue weighted by Gasteiger charge is -2.31. The van der Waals surface area contributed by atoms with Gasteiger partial charge in [0.1, 0.15) is 0 Å². The number of benzene rings is 1. The Morgan fingerprint density at radius 1 is 1.16 bits per heavy atom. The van der Waals surface area contributed by atoms with Gasteiger partial charge in [0.2, 0.25) is 5.91 Å². The number of nitrogens with one attached hydrogen (secondary N) is 2. The highest BCUT2D eigenvalue weighted by atomic mass is 127. The molecule has 174 valence electrons. The van der Waals surface area contributed by atoms with Crippen LogP contribution in [0.4, 0.5) is 5.69 Å². The molecule has 0 atom stereocenters. The van der Waals surface area contributed by atoms with E-state index in [1.165, 1.54) is 11.3 Å². The molecule has 2 aliphatic rings. The Morgan fingerprint density at radius 3 is 2.48 bits per heavy atom. The lowest BCUT2D eigenvalue weighted by Crippen LogP contribution is -2.49. The maximum Gasteiger partial charge on any atom is 0.230 e. The van der Waals surface area contributed by atoms with Crippen molar-refractivity contribution in [3.05, 3.63) is 29.8 Å². The first-order valence-corrected chi connectivity index (χ1v) is 11.2. The van der Waals surface area contributed by atoms with Crippen molar-refractivity contribution in [2.75, 3.05) is 58.4 Å². The molecule has 31 heavy (non-hydrogen) atoms. The van der Waals surface area contributed by atoms with E-state index in [9.17, 15) is 4.79 Å². The van der Waals surface area contributed by atoms with Gasteiger partial charge in [-0.25, -0.2) is 4.99 Å². The van der Waals surface area contributed by atoms with Crippen LogP contribution in [0.3, 0.4) is 0 Å². The number of hydrogen-bond acceptors (Lipinski definition) is 4. The standard InChI is InChI=1S/C23H37N5O2.HI/c1-4-24-22(26-18-23(11-7-8-12-23)21(29)27(2)3)25-17-19-9-5-6-10-20(19)28-13-15-30-16-14-28;/h5-6,9-10H,4,7-8,11-18H2,1-3H3,(H2,24,25,26);1H. The second-order valence-electron chi connectivity index (χ2n) is 8.46. The van der Waals surface area contributed by atoms with Crippen molar-refractivity contribution < 1.29 is 9.53 Å². The summed E-state index contributed by atoms with van der Waals surface area (Å²) in [5.74, 6) is 0.994. The third-order valence-electron chi connectivity index (χ3n) is 6.11. The van der Waals surface area contributed by atoms with Gasteiger partial charge in [0, 0.05) is 46.0 Å². The van der Waals surface area contributed by atoms with E-state index in [1.807, 2.05) is 14.1 Å². The van der Waals surface area contributed by atoms with Gasteiger partial charge in [-0.05, 0) is 31.4 Å². The number of rotatable bonds is 7. The lowest BCUT2D eigenvalue weighted by atomic mass is 9.84. The molecular formula is C23H38IN5O2. The molecule has 0 bridgehead atoms. The van der Waals surface area contributed by atoms with E-state index in [2.05, 4.69) is 46.7 Å². The van der Waals surface area contributed by atoms with Crippen LogP contribution >= 0.6 is 24.0 Å². The number of aliphatic imine (C=N–C) groups is 1. The third-order valence-corrected chi connectivity index (χ3v) is 6.11. The van der Waals surface area contributed by atoms with Crippen molar-refractivity contribution in [2.45, 2.75) is 39.2 Å². The van der Waals surface area contributed by atoms with Crippen LogP contribution in [0.25, 0.3) is 0 Å². The number of guanidine groups is 1. The molecule has 1 aliphatic heterocycles. The van der Waals surface area contributed by atoms with Crippen molar-refractivity contribution in [1.29, 1.82) is 0 Å². The number of anilines is 1. The van der Waals surface area contributed by atoms with E-state index < -0.39 is 0 Å². The minimum atomic E-state index is -0.314. The van der Waals surface area contributed by atoms with Gasteiger partial charge >= 0.3 is 0 Å². The van der Waals surface area contributed by atoms with Crippen molar-refractivity contribution in [3.8, 4) is 0 Å². The van der Waals surface area contributed by atoms with Crippen LogP contribution in [0, 0.1) is 5.41 Å². The highest BCUT2D eigenvalue weighted by molar-refractivity contribution is 14.0. The summed E-state index contributed by atoms with van der Waals surface area (Å²) in [6.07, 6.45) is 4.11. The first-order valence-electron chi connectivity index (χ1n) is 11.2. The molecule has 1 aromatic rings. The monoisotopic (exact) mass is 543 g/mol. The van der Waals surface area contributed by atoms with Crippen LogP contribution < -0.4 is 15.5 Å². The van der Waals surface area contributed by atoms with Crippen LogP contribution in [0.15, 0.2) is 29.3 Å². The van der Waals surface area contributed by atoms with E-state index >= 15 is 0 Å². The molecule has 0 aromatic heterocycles. The average molecular weight is 543 g/mol. The largest absolute Gasteiger partial charge is 0.378 e. The summed E-state index contributed by atoms with van der Waals surface area (Å²) in [6.45, 7) is 7.43. The van der Waals surface area contributed by atoms with Crippen molar-refractivity contribution >= 4 is 41.5 Å². The summed E-state index contributed by atoms with van der Waals surface area (Å²) in [5.41, 5.74) is 2.12. The molecule has 8 heteroatoms. The van der Waals surface area contributed by atoms with Gasteiger partial charge in [-0.2, -0.15) is 0 Å². The molecule has 2 fully saturated rings. The van der Waals surface area contributed by atoms with Gasteiger partial charge in [-0.3, -0.25) is 4.79 Å². The molecule has 1 saturated carbocycles. The highest BCUT2D eigenvalue weighted by Crippen LogP contribution is 2.38. The summed E-state index contributed by atoms with van der Waals surface area (Å²) in [7, 11) is 3.70. The summed E-state index contributed by atoms with van der Waals surface area (Å²) in [5, 5.41) is 6.81. The van der Waals surface area contributed by atoms with Crippen LogP contribution in [0.5, 0.6) is 0 Å². The van der Waals surface area contributed by atoms with Gasteiger partial charge in [-0.15, -0.1) is 24.0 Å². The zero-order chi connectivity index (χ0) is 21.4. The smallest absolute Gasteiger partial charge is 0.230 e. The van der Waals surface area contributed by atoms with Crippen molar-refractivity contribution in [2.24, 2.45) is 10.4 Å². The number of ether oxygens (including phenoxy) is 1. The van der Waals surface area contributed by atoms with E-state index in [4.69, 9.17) is 9.73 Å².